The van der Waals surface area contributed by atoms with E-state index < -0.39 is 0 Å². The van der Waals surface area contributed by atoms with E-state index >= 15 is 0 Å². The standard InChI is InChI=1S/C16H23NO2/c1-2-19-16(18)13-17(15-10-11-15)12-6-9-14-7-4-3-5-8-14/h3-5,7-8,15H,2,6,9-13H2,1H3. The predicted octanol–water partition coefficient (Wildman–Crippen LogP) is 2.65. The summed E-state index contributed by atoms with van der Waals surface area (Å²) in [6.07, 6.45) is 4.63. The van der Waals surface area contributed by atoms with Crippen LogP contribution in [-0.4, -0.2) is 36.6 Å². The minimum absolute atomic E-state index is 0.0888. The first-order chi connectivity index (χ1) is 9.29. The second kappa shape index (κ2) is 7.29. The normalized spacial score (nSPS) is 14.6. The minimum atomic E-state index is -0.0888. The first-order valence-electron chi connectivity index (χ1n) is 7.23. The Kier molecular flexibility index (Phi) is 5.40. The van der Waals surface area contributed by atoms with Gasteiger partial charge < -0.3 is 4.74 Å². The second-order valence-corrected chi connectivity index (χ2v) is 5.10. The van der Waals surface area contributed by atoms with E-state index in [1.807, 2.05) is 13.0 Å². The molecule has 104 valence electrons. The van der Waals surface area contributed by atoms with Gasteiger partial charge in [-0.1, -0.05) is 30.3 Å². The molecule has 2 rings (SSSR count). The van der Waals surface area contributed by atoms with Crippen molar-refractivity contribution in [2.24, 2.45) is 0 Å². The SMILES string of the molecule is CCOC(=O)CN(CCCc1ccccc1)C1CC1. The van der Waals surface area contributed by atoms with Crippen LogP contribution in [0.25, 0.3) is 0 Å². The van der Waals surface area contributed by atoms with Crippen LogP contribution in [0.4, 0.5) is 0 Å². The molecule has 1 aliphatic rings. The summed E-state index contributed by atoms with van der Waals surface area (Å²) in [5.41, 5.74) is 1.37. The van der Waals surface area contributed by atoms with E-state index in [-0.39, 0.29) is 5.97 Å². The van der Waals surface area contributed by atoms with E-state index in [0.29, 0.717) is 19.2 Å². The summed E-state index contributed by atoms with van der Waals surface area (Å²) in [6.45, 7) is 3.77. The third-order valence-corrected chi connectivity index (χ3v) is 3.45. The third kappa shape index (κ3) is 5.03. The lowest BCUT2D eigenvalue weighted by atomic mass is 10.1. The Labute approximate surface area is 115 Å². The van der Waals surface area contributed by atoms with Crippen molar-refractivity contribution in [1.82, 2.24) is 4.90 Å². The number of esters is 1. The second-order valence-electron chi connectivity index (χ2n) is 5.10. The monoisotopic (exact) mass is 261 g/mol. The van der Waals surface area contributed by atoms with Gasteiger partial charge in [0.25, 0.3) is 0 Å². The largest absolute Gasteiger partial charge is 0.465 e. The minimum Gasteiger partial charge on any atom is -0.465 e. The van der Waals surface area contributed by atoms with Crippen LogP contribution in [0.5, 0.6) is 0 Å². The number of benzene rings is 1. The molecule has 19 heavy (non-hydrogen) atoms. The van der Waals surface area contributed by atoms with E-state index in [0.717, 1.165) is 19.4 Å². The van der Waals surface area contributed by atoms with Gasteiger partial charge in [-0.3, -0.25) is 9.69 Å². The lowest BCUT2D eigenvalue weighted by Gasteiger charge is -2.20. The molecule has 0 amide bonds. The Bertz CT molecular complexity index is 387. The van der Waals surface area contributed by atoms with E-state index in [1.165, 1.54) is 18.4 Å². The summed E-state index contributed by atoms with van der Waals surface area (Å²) in [7, 11) is 0. The molecule has 0 aromatic heterocycles. The molecule has 0 atom stereocenters. The van der Waals surface area contributed by atoms with Gasteiger partial charge in [-0.15, -0.1) is 0 Å². The molecule has 1 aliphatic carbocycles. The van der Waals surface area contributed by atoms with Crippen molar-refractivity contribution in [1.29, 1.82) is 0 Å². The van der Waals surface area contributed by atoms with Crippen molar-refractivity contribution in [3.63, 3.8) is 0 Å². The van der Waals surface area contributed by atoms with Crippen LogP contribution >= 0.6 is 0 Å². The average Bonchev–Trinajstić information content (AvgIpc) is 3.23. The molecule has 0 saturated heterocycles. The summed E-state index contributed by atoms with van der Waals surface area (Å²) in [5.74, 6) is -0.0888. The molecule has 0 aliphatic heterocycles. The zero-order valence-electron chi connectivity index (χ0n) is 11.7. The van der Waals surface area contributed by atoms with Crippen LogP contribution < -0.4 is 0 Å². The van der Waals surface area contributed by atoms with Gasteiger partial charge in [-0.2, -0.15) is 0 Å². The first-order valence-corrected chi connectivity index (χ1v) is 7.23. The van der Waals surface area contributed by atoms with E-state index in [1.54, 1.807) is 0 Å². The Hall–Kier alpha value is -1.35. The number of ether oxygens (including phenoxy) is 1. The van der Waals surface area contributed by atoms with Crippen LogP contribution in [0.2, 0.25) is 0 Å². The zero-order chi connectivity index (χ0) is 13.5. The number of carbonyl (C=O) groups excluding carboxylic acids is 1. The van der Waals surface area contributed by atoms with Gasteiger partial charge >= 0.3 is 5.97 Å². The van der Waals surface area contributed by atoms with Gasteiger partial charge in [0.15, 0.2) is 0 Å². The average molecular weight is 261 g/mol. The van der Waals surface area contributed by atoms with E-state index in [9.17, 15) is 4.79 Å². The Balaban J connectivity index is 1.73. The number of nitrogens with zero attached hydrogens (tertiary/aromatic N) is 1. The molecule has 0 radical (unpaired) electrons. The maximum absolute atomic E-state index is 11.6. The van der Waals surface area contributed by atoms with Gasteiger partial charge in [-0.05, 0) is 44.7 Å². The molecule has 0 bridgehead atoms. The van der Waals surface area contributed by atoms with Gasteiger partial charge in [0.1, 0.15) is 0 Å². The van der Waals surface area contributed by atoms with Gasteiger partial charge in [0, 0.05) is 6.04 Å². The highest BCUT2D eigenvalue weighted by atomic mass is 16.5. The third-order valence-electron chi connectivity index (χ3n) is 3.45. The molecule has 1 saturated carbocycles. The number of rotatable bonds is 8. The summed E-state index contributed by atoms with van der Waals surface area (Å²) < 4.78 is 5.03. The van der Waals surface area contributed by atoms with Crippen LogP contribution in [0.15, 0.2) is 30.3 Å². The lowest BCUT2D eigenvalue weighted by molar-refractivity contribution is -0.144. The number of aryl methyl sites for hydroxylation is 1. The van der Waals surface area contributed by atoms with Crippen LogP contribution in [-0.2, 0) is 16.0 Å². The van der Waals surface area contributed by atoms with Crippen molar-refractivity contribution in [2.45, 2.75) is 38.6 Å². The predicted molar refractivity (Wildman–Crippen MR) is 76.0 cm³/mol. The van der Waals surface area contributed by atoms with Crippen molar-refractivity contribution < 1.29 is 9.53 Å². The molecule has 3 heteroatoms. The molecule has 1 aromatic rings. The van der Waals surface area contributed by atoms with Gasteiger partial charge in [-0.25, -0.2) is 0 Å². The molecule has 0 spiro atoms. The maximum atomic E-state index is 11.6. The van der Waals surface area contributed by atoms with Crippen LogP contribution in [0.3, 0.4) is 0 Å². The fourth-order valence-electron chi connectivity index (χ4n) is 2.33. The molecule has 0 heterocycles. The quantitative estimate of drug-likeness (QED) is 0.674. The van der Waals surface area contributed by atoms with Gasteiger partial charge in [0.2, 0.25) is 0 Å². The molecular weight excluding hydrogens is 238 g/mol. The topological polar surface area (TPSA) is 29.5 Å². The first kappa shape index (κ1) is 14.1. The Morgan fingerprint density at radius 3 is 2.68 bits per heavy atom. The van der Waals surface area contributed by atoms with E-state index in [4.69, 9.17) is 4.74 Å². The Morgan fingerprint density at radius 1 is 1.32 bits per heavy atom. The lowest BCUT2D eigenvalue weighted by Crippen LogP contribution is -2.34. The van der Waals surface area contributed by atoms with Crippen LogP contribution in [0.1, 0.15) is 31.7 Å². The van der Waals surface area contributed by atoms with Crippen molar-refractivity contribution in [2.75, 3.05) is 19.7 Å². The highest BCUT2D eigenvalue weighted by Gasteiger charge is 2.30. The number of hydrogen-bond acceptors (Lipinski definition) is 3. The summed E-state index contributed by atoms with van der Waals surface area (Å²) in [4.78, 5) is 13.8. The smallest absolute Gasteiger partial charge is 0.320 e. The van der Waals surface area contributed by atoms with E-state index in [2.05, 4.69) is 29.2 Å². The summed E-state index contributed by atoms with van der Waals surface area (Å²) in [6, 6.07) is 11.1. The molecular formula is C16H23NO2. The molecule has 1 aromatic carbocycles. The summed E-state index contributed by atoms with van der Waals surface area (Å²) in [5, 5.41) is 0. The summed E-state index contributed by atoms with van der Waals surface area (Å²) >= 11 is 0. The van der Waals surface area contributed by atoms with Crippen LogP contribution in [0, 0.1) is 0 Å². The zero-order valence-corrected chi connectivity index (χ0v) is 11.7. The van der Waals surface area contributed by atoms with Crippen molar-refractivity contribution >= 4 is 5.97 Å². The molecule has 3 nitrogen and oxygen atoms in total. The fourth-order valence-corrected chi connectivity index (χ4v) is 2.33. The highest BCUT2D eigenvalue weighted by Crippen LogP contribution is 2.26. The Morgan fingerprint density at radius 2 is 2.05 bits per heavy atom. The van der Waals surface area contributed by atoms with Crippen molar-refractivity contribution in [3.05, 3.63) is 35.9 Å². The number of hydrogen-bond donors (Lipinski definition) is 0. The molecule has 0 unspecified atom stereocenters. The molecule has 1 fully saturated rings. The molecule has 0 N–H and O–H groups in total. The van der Waals surface area contributed by atoms with Crippen molar-refractivity contribution in [3.8, 4) is 0 Å². The maximum Gasteiger partial charge on any atom is 0.320 e. The van der Waals surface area contributed by atoms with Gasteiger partial charge in [0.05, 0.1) is 13.2 Å². The number of carbonyl (C=O) groups is 1. The highest BCUT2D eigenvalue weighted by molar-refractivity contribution is 5.71. The fraction of sp³-hybridized carbons (Fsp3) is 0.562.